The zero-order valence-electron chi connectivity index (χ0n) is 18.4. The van der Waals surface area contributed by atoms with Crippen molar-refractivity contribution >= 4 is 37.7 Å². The van der Waals surface area contributed by atoms with Crippen LogP contribution in [0.5, 0.6) is 11.5 Å². The molecule has 0 bridgehead atoms. The summed E-state index contributed by atoms with van der Waals surface area (Å²) in [5.74, 6) is -0.886. The van der Waals surface area contributed by atoms with Crippen LogP contribution >= 0.6 is 15.2 Å². The Bertz CT molecular complexity index is 1300. The van der Waals surface area contributed by atoms with E-state index in [0.717, 1.165) is 22.2 Å². The molecule has 0 aliphatic rings. The lowest BCUT2D eigenvalue weighted by Crippen LogP contribution is -2.16. The highest BCUT2D eigenvalue weighted by Crippen LogP contribution is 2.61. The summed E-state index contributed by atoms with van der Waals surface area (Å²) in [6, 6.07) is 9.72. The van der Waals surface area contributed by atoms with Gasteiger partial charge in [-0.2, -0.15) is 0 Å². The van der Waals surface area contributed by atoms with Crippen LogP contribution < -0.4 is 5.32 Å². The summed E-state index contributed by atoms with van der Waals surface area (Å²) in [4.78, 5) is 49.2. The number of nitrogens with one attached hydrogen (secondary N) is 1. The number of nitrogens with zero attached hydrogens (tertiary/aromatic N) is 1. The number of aromatic nitrogens is 1. The number of hydrogen-bond acceptors (Lipinski definition) is 5. The number of aromatic hydroxyl groups is 2. The maximum atomic E-state index is 12.4. The maximum Gasteiger partial charge on any atom is 0.340 e. The molecule has 0 saturated carbocycles. The second-order valence-electron chi connectivity index (χ2n) is 7.90. The SMILES string of the molecule is CCn1c(-c2ccc(O)cc2)c(C)c2cc(NC(=O)CCC(P(=O)(O)O)P(=O)(O)O)c(O)cc21. The van der Waals surface area contributed by atoms with Gasteiger partial charge in [-0.3, -0.25) is 13.9 Å². The summed E-state index contributed by atoms with van der Waals surface area (Å²) >= 11 is 0. The van der Waals surface area contributed by atoms with E-state index in [4.69, 9.17) is 0 Å². The smallest absolute Gasteiger partial charge is 0.340 e. The second-order valence-corrected chi connectivity index (χ2v) is 11.9. The Labute approximate surface area is 195 Å². The molecule has 1 heterocycles. The number of amides is 1. The average Bonchev–Trinajstić information content (AvgIpc) is 2.98. The van der Waals surface area contributed by atoms with Crippen molar-refractivity contribution in [3.8, 4) is 22.8 Å². The van der Waals surface area contributed by atoms with Crippen molar-refractivity contribution in [2.75, 3.05) is 5.32 Å². The number of benzene rings is 2. The molecule has 34 heavy (non-hydrogen) atoms. The van der Waals surface area contributed by atoms with Crippen LogP contribution in [0, 0.1) is 6.92 Å². The minimum absolute atomic E-state index is 0.0509. The van der Waals surface area contributed by atoms with Gasteiger partial charge in [-0.1, -0.05) is 0 Å². The Morgan fingerprint density at radius 1 is 1.03 bits per heavy atom. The fourth-order valence-electron chi connectivity index (χ4n) is 3.98. The summed E-state index contributed by atoms with van der Waals surface area (Å²) in [6.45, 7) is 4.40. The molecule has 0 atom stereocenters. The minimum atomic E-state index is -5.13. The summed E-state index contributed by atoms with van der Waals surface area (Å²) in [6.07, 6.45) is -1.31. The molecule has 2 aromatic carbocycles. The minimum Gasteiger partial charge on any atom is -0.508 e. The lowest BCUT2D eigenvalue weighted by atomic mass is 10.1. The molecule has 0 unspecified atom stereocenters. The molecule has 0 aliphatic carbocycles. The fourth-order valence-corrected chi connectivity index (χ4v) is 6.48. The van der Waals surface area contributed by atoms with Gasteiger partial charge < -0.3 is 39.7 Å². The number of phenolic OH excluding ortho intramolecular Hbond substituents is 2. The van der Waals surface area contributed by atoms with Gasteiger partial charge in [-0.15, -0.1) is 0 Å². The molecule has 0 radical (unpaired) electrons. The van der Waals surface area contributed by atoms with Crippen LogP contribution in [-0.2, 0) is 20.5 Å². The van der Waals surface area contributed by atoms with Gasteiger partial charge in [0.05, 0.1) is 16.9 Å². The Kier molecular flexibility index (Phi) is 7.28. The van der Waals surface area contributed by atoms with E-state index in [1.165, 1.54) is 6.07 Å². The van der Waals surface area contributed by atoms with Crippen molar-refractivity contribution in [1.29, 1.82) is 0 Å². The van der Waals surface area contributed by atoms with Gasteiger partial charge in [0, 0.05) is 24.4 Å². The molecule has 3 rings (SSSR count). The van der Waals surface area contributed by atoms with E-state index in [1.807, 2.05) is 18.4 Å². The third-order valence-electron chi connectivity index (χ3n) is 5.57. The number of fused-ring (bicyclic) bond motifs is 1. The first-order chi connectivity index (χ1) is 15.7. The maximum absolute atomic E-state index is 12.4. The van der Waals surface area contributed by atoms with E-state index in [1.54, 1.807) is 30.3 Å². The van der Waals surface area contributed by atoms with Crippen LogP contribution in [0.4, 0.5) is 5.69 Å². The first-order valence-electron chi connectivity index (χ1n) is 10.3. The average molecular weight is 512 g/mol. The third-order valence-corrected chi connectivity index (χ3v) is 9.45. The molecule has 1 aromatic heterocycles. The number of carbonyl (C=O) groups excluding carboxylic acids is 1. The molecule has 7 N–H and O–H groups in total. The first-order valence-corrected chi connectivity index (χ1v) is 13.7. The predicted octanol–water partition coefficient (Wildman–Crippen LogP) is 3.45. The first kappa shape index (κ1) is 26.0. The zero-order chi connectivity index (χ0) is 25.4. The topological polar surface area (TPSA) is 190 Å². The summed E-state index contributed by atoms with van der Waals surface area (Å²) in [7, 11) is -10.3. The Hall–Kier alpha value is -2.65. The van der Waals surface area contributed by atoms with Crippen LogP contribution in [0.15, 0.2) is 36.4 Å². The summed E-state index contributed by atoms with van der Waals surface area (Å²) in [5, 5.41) is 21.0. The molecular formula is C21H26N2O9P2. The van der Waals surface area contributed by atoms with Crippen LogP contribution in [0.1, 0.15) is 25.3 Å². The molecule has 1 amide bonds. The van der Waals surface area contributed by atoms with Crippen molar-refractivity contribution < 1.29 is 43.7 Å². The standard InChI is InChI=1S/C21H26N2O9P2/c1-3-23-17-11-18(25)16(22-19(26)8-9-20(33(27,28)29)34(30,31)32)10-15(17)12(2)21(23)13-4-6-14(24)7-5-13/h4-7,10-11,20,24-25H,3,8-9H2,1-2H3,(H,22,26)(H2,27,28,29)(H2,30,31,32). The number of rotatable bonds is 8. The van der Waals surface area contributed by atoms with Gasteiger partial charge in [0.25, 0.3) is 0 Å². The number of hydrogen-bond donors (Lipinski definition) is 7. The van der Waals surface area contributed by atoms with E-state index in [-0.39, 0.29) is 17.2 Å². The fraction of sp³-hybridized carbons (Fsp3) is 0.286. The zero-order valence-corrected chi connectivity index (χ0v) is 20.2. The van der Waals surface area contributed by atoms with E-state index in [2.05, 4.69) is 5.32 Å². The highest BCUT2D eigenvalue weighted by Gasteiger charge is 2.43. The normalized spacial score (nSPS) is 12.4. The van der Waals surface area contributed by atoms with Crippen LogP contribution in [-0.4, -0.2) is 45.7 Å². The highest BCUT2D eigenvalue weighted by molar-refractivity contribution is 7.70. The van der Waals surface area contributed by atoms with Crippen LogP contribution in [0.3, 0.4) is 0 Å². The van der Waals surface area contributed by atoms with Crippen molar-refractivity contribution in [2.45, 2.75) is 38.6 Å². The van der Waals surface area contributed by atoms with Gasteiger partial charge in [0.15, 0.2) is 5.40 Å². The molecule has 11 nitrogen and oxygen atoms in total. The number of carbonyl (C=O) groups is 1. The quantitative estimate of drug-likeness (QED) is 0.175. The Balaban J connectivity index is 1.92. The molecule has 0 saturated heterocycles. The lowest BCUT2D eigenvalue weighted by Gasteiger charge is -2.19. The number of anilines is 1. The molecule has 0 aliphatic heterocycles. The van der Waals surface area contributed by atoms with Crippen molar-refractivity contribution in [1.82, 2.24) is 4.57 Å². The molecule has 184 valence electrons. The molecule has 0 spiro atoms. The van der Waals surface area contributed by atoms with Crippen molar-refractivity contribution in [3.05, 3.63) is 42.0 Å². The van der Waals surface area contributed by atoms with Gasteiger partial charge in [-0.05, 0) is 61.7 Å². The molecule has 0 fully saturated rings. The number of aryl methyl sites for hydroxylation is 2. The lowest BCUT2D eigenvalue weighted by molar-refractivity contribution is -0.116. The van der Waals surface area contributed by atoms with Crippen molar-refractivity contribution in [3.63, 3.8) is 0 Å². The van der Waals surface area contributed by atoms with Gasteiger partial charge in [0.1, 0.15) is 11.5 Å². The predicted molar refractivity (Wildman–Crippen MR) is 127 cm³/mol. The van der Waals surface area contributed by atoms with E-state index >= 15 is 0 Å². The monoisotopic (exact) mass is 512 g/mol. The molecular weight excluding hydrogens is 486 g/mol. The number of phenols is 2. The van der Waals surface area contributed by atoms with E-state index in [9.17, 15) is 43.7 Å². The summed E-state index contributed by atoms with van der Waals surface area (Å²) in [5.41, 5.74) is 3.34. The van der Waals surface area contributed by atoms with E-state index < -0.39 is 39.3 Å². The summed E-state index contributed by atoms with van der Waals surface area (Å²) < 4.78 is 24.8. The molecule has 13 heteroatoms. The highest BCUT2D eigenvalue weighted by atomic mass is 31.2. The van der Waals surface area contributed by atoms with Gasteiger partial charge in [0.2, 0.25) is 5.91 Å². The molecule has 3 aromatic rings. The van der Waals surface area contributed by atoms with Gasteiger partial charge >= 0.3 is 15.2 Å². The van der Waals surface area contributed by atoms with Crippen LogP contribution in [0.2, 0.25) is 0 Å². The van der Waals surface area contributed by atoms with Gasteiger partial charge in [-0.25, -0.2) is 0 Å². The largest absolute Gasteiger partial charge is 0.508 e. The van der Waals surface area contributed by atoms with E-state index in [0.29, 0.717) is 12.1 Å². The van der Waals surface area contributed by atoms with Crippen molar-refractivity contribution in [2.24, 2.45) is 0 Å². The van der Waals surface area contributed by atoms with Crippen LogP contribution in [0.25, 0.3) is 22.2 Å². The Morgan fingerprint density at radius 3 is 2.15 bits per heavy atom. The Morgan fingerprint density at radius 2 is 1.62 bits per heavy atom. The third kappa shape index (κ3) is 5.36. The second kappa shape index (κ2) is 9.54.